The largest absolute Gasteiger partial charge is 0.373 e. The highest BCUT2D eigenvalue weighted by Gasteiger charge is 2.25. The van der Waals surface area contributed by atoms with E-state index in [2.05, 4.69) is 57.5 Å². The van der Waals surface area contributed by atoms with Crippen molar-refractivity contribution in [3.63, 3.8) is 0 Å². The molecule has 0 unspecified atom stereocenters. The molecule has 4 aromatic heterocycles. The standard InChI is InChI=1S/C28H28N12O/c29-11-19-2-1-3-20(10-19)25-15-31-26-27(35-25)40(37-36-26)18-24-17-38(8-9-41-24)28-32-12-21(13-33-28)22-14-34-39(16-22)23-4-6-30-7-5-23/h1-3,10,12-16,23-24,30H,4-9,17-18H2/t24-/m1/s1. The Morgan fingerprint density at radius 1 is 1.02 bits per heavy atom. The van der Waals surface area contributed by atoms with Crippen LogP contribution in [0, 0.1) is 11.3 Å². The highest BCUT2D eigenvalue weighted by atomic mass is 16.5. The monoisotopic (exact) mass is 548 g/mol. The van der Waals surface area contributed by atoms with Crippen LogP contribution in [-0.4, -0.2) is 83.6 Å². The van der Waals surface area contributed by atoms with Gasteiger partial charge in [-0.25, -0.2) is 24.6 Å². The smallest absolute Gasteiger partial charge is 0.225 e. The van der Waals surface area contributed by atoms with E-state index in [1.165, 1.54) is 0 Å². The van der Waals surface area contributed by atoms with Crippen molar-refractivity contribution in [2.45, 2.75) is 31.5 Å². The molecule has 41 heavy (non-hydrogen) atoms. The van der Waals surface area contributed by atoms with E-state index < -0.39 is 0 Å². The maximum Gasteiger partial charge on any atom is 0.225 e. The molecule has 2 saturated heterocycles. The molecule has 206 valence electrons. The Kier molecular flexibility index (Phi) is 6.75. The molecule has 1 aromatic carbocycles. The van der Waals surface area contributed by atoms with E-state index >= 15 is 0 Å². The Morgan fingerprint density at radius 3 is 2.76 bits per heavy atom. The molecule has 0 bridgehead atoms. The first-order valence-electron chi connectivity index (χ1n) is 13.7. The van der Waals surface area contributed by atoms with Crippen molar-refractivity contribution in [3.05, 3.63) is 60.8 Å². The maximum atomic E-state index is 9.25. The highest BCUT2D eigenvalue weighted by Crippen LogP contribution is 2.24. The quantitative estimate of drug-likeness (QED) is 0.333. The fourth-order valence-electron chi connectivity index (χ4n) is 5.36. The van der Waals surface area contributed by atoms with E-state index in [0.717, 1.165) is 42.6 Å². The van der Waals surface area contributed by atoms with Crippen LogP contribution in [0.2, 0.25) is 0 Å². The molecule has 2 aliphatic rings. The minimum absolute atomic E-state index is 0.160. The molecule has 1 N–H and O–H groups in total. The first-order valence-corrected chi connectivity index (χ1v) is 13.7. The van der Waals surface area contributed by atoms with E-state index in [1.54, 1.807) is 23.0 Å². The average Bonchev–Trinajstić information content (AvgIpc) is 3.70. The second kappa shape index (κ2) is 11.0. The number of piperidine rings is 1. The fraction of sp³-hybridized carbons (Fsp3) is 0.357. The number of aromatic nitrogens is 9. The van der Waals surface area contributed by atoms with Gasteiger partial charge in [-0.3, -0.25) is 4.68 Å². The van der Waals surface area contributed by atoms with Crippen molar-refractivity contribution in [3.8, 4) is 28.5 Å². The van der Waals surface area contributed by atoms with Crippen LogP contribution in [0.4, 0.5) is 5.95 Å². The van der Waals surface area contributed by atoms with Crippen molar-refractivity contribution in [1.82, 2.24) is 50.0 Å². The van der Waals surface area contributed by atoms with Crippen LogP contribution in [-0.2, 0) is 11.3 Å². The lowest BCUT2D eigenvalue weighted by Gasteiger charge is -2.32. The van der Waals surface area contributed by atoms with Gasteiger partial charge in [-0.05, 0) is 38.1 Å². The third-order valence-electron chi connectivity index (χ3n) is 7.57. The molecule has 0 spiro atoms. The number of hydrogen-bond donors (Lipinski definition) is 1. The summed E-state index contributed by atoms with van der Waals surface area (Å²) in [6.45, 7) is 4.35. The summed E-state index contributed by atoms with van der Waals surface area (Å²) in [7, 11) is 0. The minimum Gasteiger partial charge on any atom is -0.373 e. The number of anilines is 1. The number of nitrogens with zero attached hydrogens (tertiary/aromatic N) is 11. The molecule has 2 aliphatic heterocycles. The molecule has 13 nitrogen and oxygen atoms in total. The molecule has 0 aliphatic carbocycles. The van der Waals surface area contributed by atoms with Crippen molar-refractivity contribution >= 4 is 17.2 Å². The summed E-state index contributed by atoms with van der Waals surface area (Å²) in [5, 5.41) is 25.7. The van der Waals surface area contributed by atoms with Gasteiger partial charge in [0, 0.05) is 48.4 Å². The van der Waals surface area contributed by atoms with Crippen LogP contribution in [0.15, 0.2) is 55.2 Å². The minimum atomic E-state index is -0.160. The molecule has 2 fully saturated rings. The van der Waals surface area contributed by atoms with E-state index in [9.17, 15) is 5.26 Å². The Labute approximate surface area is 235 Å². The topological polar surface area (TPSA) is 148 Å². The van der Waals surface area contributed by atoms with Crippen LogP contribution in [0.1, 0.15) is 24.4 Å². The zero-order valence-corrected chi connectivity index (χ0v) is 22.3. The summed E-state index contributed by atoms with van der Waals surface area (Å²) in [6.07, 6.45) is 11.4. The van der Waals surface area contributed by atoms with Crippen LogP contribution < -0.4 is 10.2 Å². The predicted molar refractivity (Wildman–Crippen MR) is 150 cm³/mol. The molecule has 1 atom stereocenters. The summed E-state index contributed by atoms with van der Waals surface area (Å²) in [6, 6.07) is 9.88. The van der Waals surface area contributed by atoms with Gasteiger partial charge in [-0.1, -0.05) is 17.3 Å². The molecule has 0 saturated carbocycles. The van der Waals surface area contributed by atoms with Crippen molar-refractivity contribution in [2.24, 2.45) is 0 Å². The summed E-state index contributed by atoms with van der Waals surface area (Å²) in [5.41, 5.74) is 5.02. The molecule has 0 radical (unpaired) electrons. The molecule has 5 aromatic rings. The first-order chi connectivity index (χ1) is 20.2. The molecular weight excluding hydrogens is 520 g/mol. The van der Waals surface area contributed by atoms with Gasteiger partial charge < -0.3 is 15.0 Å². The van der Waals surface area contributed by atoms with Crippen LogP contribution >= 0.6 is 0 Å². The third-order valence-corrected chi connectivity index (χ3v) is 7.57. The van der Waals surface area contributed by atoms with Crippen molar-refractivity contribution in [2.75, 3.05) is 37.7 Å². The second-order valence-corrected chi connectivity index (χ2v) is 10.3. The highest BCUT2D eigenvalue weighted by molar-refractivity contribution is 5.70. The first kappa shape index (κ1) is 25.2. The second-order valence-electron chi connectivity index (χ2n) is 10.3. The predicted octanol–water partition coefficient (Wildman–Crippen LogP) is 2.24. The lowest BCUT2D eigenvalue weighted by atomic mass is 10.1. The van der Waals surface area contributed by atoms with Gasteiger partial charge in [0.15, 0.2) is 5.65 Å². The van der Waals surface area contributed by atoms with Gasteiger partial charge in [0.1, 0.15) is 0 Å². The molecule has 6 heterocycles. The van der Waals surface area contributed by atoms with Crippen molar-refractivity contribution in [1.29, 1.82) is 5.26 Å². The normalized spacial score (nSPS) is 18.0. The fourth-order valence-corrected chi connectivity index (χ4v) is 5.36. The summed E-state index contributed by atoms with van der Waals surface area (Å²) >= 11 is 0. The third kappa shape index (κ3) is 5.22. The molecular formula is C28H28N12O. The Hall–Kier alpha value is -4.80. The van der Waals surface area contributed by atoms with E-state index in [4.69, 9.17) is 9.72 Å². The number of nitrogens with one attached hydrogen (secondary N) is 1. The average molecular weight is 549 g/mol. The number of fused-ring (bicyclic) bond motifs is 1. The number of morpholine rings is 1. The van der Waals surface area contributed by atoms with Crippen LogP contribution in [0.3, 0.4) is 0 Å². The van der Waals surface area contributed by atoms with Crippen LogP contribution in [0.25, 0.3) is 33.7 Å². The Morgan fingerprint density at radius 2 is 1.90 bits per heavy atom. The number of benzene rings is 1. The van der Waals surface area contributed by atoms with Crippen LogP contribution in [0.5, 0.6) is 0 Å². The number of ether oxygens (including phenoxy) is 1. The van der Waals surface area contributed by atoms with Gasteiger partial charge in [-0.2, -0.15) is 10.4 Å². The van der Waals surface area contributed by atoms with E-state index in [1.807, 2.05) is 30.7 Å². The summed E-state index contributed by atoms with van der Waals surface area (Å²) < 4.78 is 9.86. The molecule has 13 heteroatoms. The van der Waals surface area contributed by atoms with Gasteiger partial charge in [0.2, 0.25) is 11.6 Å². The molecule has 7 rings (SSSR count). The number of rotatable bonds is 6. The SMILES string of the molecule is N#Cc1cccc(-c2cnc3nnn(C[C@H]4CN(c5ncc(-c6cnn(C7CCNCC7)c6)cn5)CCO4)c3n2)c1. The van der Waals surface area contributed by atoms with E-state index in [-0.39, 0.29) is 6.10 Å². The van der Waals surface area contributed by atoms with Gasteiger partial charge in [-0.15, -0.1) is 5.10 Å². The van der Waals surface area contributed by atoms with Crippen molar-refractivity contribution < 1.29 is 4.74 Å². The Balaban J connectivity index is 1.04. The number of nitriles is 1. The van der Waals surface area contributed by atoms with Gasteiger partial charge in [0.05, 0.1) is 55.0 Å². The van der Waals surface area contributed by atoms with E-state index in [0.29, 0.717) is 60.8 Å². The Bertz CT molecular complexity index is 1700. The number of hydrogen-bond acceptors (Lipinski definition) is 11. The van der Waals surface area contributed by atoms with Gasteiger partial charge in [0.25, 0.3) is 0 Å². The zero-order chi connectivity index (χ0) is 27.6. The molecule has 0 amide bonds. The summed E-state index contributed by atoms with van der Waals surface area (Å²) in [5.74, 6) is 0.663. The van der Waals surface area contributed by atoms with Gasteiger partial charge >= 0.3 is 0 Å². The maximum absolute atomic E-state index is 9.25. The zero-order valence-electron chi connectivity index (χ0n) is 22.3. The lowest BCUT2D eigenvalue weighted by molar-refractivity contribution is 0.0273. The lowest BCUT2D eigenvalue weighted by Crippen LogP contribution is -2.45. The summed E-state index contributed by atoms with van der Waals surface area (Å²) in [4.78, 5) is 20.7.